The minimum Gasteiger partial charge on any atom is -0.477 e. The Balaban J connectivity index is 2.11. The highest BCUT2D eigenvalue weighted by Crippen LogP contribution is 2.19. The molecule has 1 heterocycles. The third-order valence-corrected chi connectivity index (χ3v) is 3.12. The molecule has 118 valence electrons. The molecule has 1 aromatic heterocycles. The van der Waals surface area contributed by atoms with Crippen LogP contribution >= 0.6 is 0 Å². The van der Waals surface area contributed by atoms with Crippen LogP contribution in [0.2, 0.25) is 0 Å². The first-order valence-electron chi connectivity index (χ1n) is 7.84. The maximum Gasteiger partial charge on any atom is 0.218 e. The Kier molecular flexibility index (Phi) is 5.75. The summed E-state index contributed by atoms with van der Waals surface area (Å²) in [6, 6.07) is 12.1. The number of nitrogens with zero attached hydrogens (tertiary/aromatic N) is 2. The van der Waals surface area contributed by atoms with Crippen LogP contribution in [0.5, 0.6) is 5.88 Å². The second-order valence-corrected chi connectivity index (χ2v) is 6.15. The van der Waals surface area contributed by atoms with Crippen molar-refractivity contribution in [3.63, 3.8) is 0 Å². The lowest BCUT2D eigenvalue weighted by Gasteiger charge is -2.13. The lowest BCUT2D eigenvalue weighted by molar-refractivity contribution is 0.260. The minimum absolute atomic E-state index is 0.264. The van der Waals surface area contributed by atoms with E-state index in [0.717, 1.165) is 18.2 Å². The standard InChI is InChI=1S/C18H25N3O/c1-13(2)12-22-17-10-16(20-18(21-17)14(3)4)19-11-15-8-6-5-7-9-15/h5-10,13-14H,11-12H2,1-4H3,(H,19,20,21). The molecular formula is C18H25N3O. The van der Waals surface area contributed by atoms with Crippen LogP contribution in [-0.2, 0) is 6.54 Å². The van der Waals surface area contributed by atoms with Crippen molar-refractivity contribution in [1.29, 1.82) is 0 Å². The zero-order chi connectivity index (χ0) is 15.9. The minimum atomic E-state index is 0.264. The first kappa shape index (κ1) is 16.3. The van der Waals surface area contributed by atoms with Gasteiger partial charge in [0.15, 0.2) is 0 Å². The first-order valence-corrected chi connectivity index (χ1v) is 7.84. The average molecular weight is 299 g/mol. The van der Waals surface area contributed by atoms with E-state index >= 15 is 0 Å². The fraction of sp³-hybridized carbons (Fsp3) is 0.444. The smallest absolute Gasteiger partial charge is 0.218 e. The van der Waals surface area contributed by atoms with Gasteiger partial charge < -0.3 is 10.1 Å². The van der Waals surface area contributed by atoms with Crippen molar-refractivity contribution in [2.45, 2.75) is 40.2 Å². The molecule has 0 spiro atoms. The molecule has 0 bridgehead atoms. The van der Waals surface area contributed by atoms with Gasteiger partial charge in [0, 0.05) is 18.5 Å². The molecule has 0 atom stereocenters. The van der Waals surface area contributed by atoms with Gasteiger partial charge in [-0.25, -0.2) is 4.98 Å². The molecule has 0 aliphatic rings. The Hall–Kier alpha value is -2.10. The summed E-state index contributed by atoms with van der Waals surface area (Å²) in [4.78, 5) is 9.06. The summed E-state index contributed by atoms with van der Waals surface area (Å²) in [5.41, 5.74) is 1.22. The summed E-state index contributed by atoms with van der Waals surface area (Å²) < 4.78 is 5.76. The van der Waals surface area contributed by atoms with Gasteiger partial charge >= 0.3 is 0 Å². The highest BCUT2D eigenvalue weighted by Gasteiger charge is 2.09. The largest absolute Gasteiger partial charge is 0.477 e. The molecule has 0 aliphatic carbocycles. The lowest BCUT2D eigenvalue weighted by Crippen LogP contribution is -2.10. The van der Waals surface area contributed by atoms with Gasteiger partial charge in [-0.15, -0.1) is 0 Å². The van der Waals surface area contributed by atoms with Crippen LogP contribution in [0.4, 0.5) is 5.82 Å². The van der Waals surface area contributed by atoms with Crippen LogP contribution in [0.1, 0.15) is 45.0 Å². The third kappa shape index (κ3) is 5.02. The van der Waals surface area contributed by atoms with Gasteiger partial charge in [-0.1, -0.05) is 58.0 Å². The van der Waals surface area contributed by atoms with E-state index in [1.807, 2.05) is 24.3 Å². The first-order chi connectivity index (χ1) is 10.5. The van der Waals surface area contributed by atoms with Gasteiger partial charge in [-0.3, -0.25) is 0 Å². The number of ether oxygens (including phenoxy) is 1. The van der Waals surface area contributed by atoms with Crippen molar-refractivity contribution in [1.82, 2.24) is 9.97 Å². The van der Waals surface area contributed by atoms with Crippen molar-refractivity contribution in [3.8, 4) is 5.88 Å². The quantitative estimate of drug-likeness (QED) is 0.830. The molecule has 0 unspecified atom stereocenters. The Morgan fingerprint density at radius 2 is 1.77 bits per heavy atom. The van der Waals surface area contributed by atoms with E-state index in [-0.39, 0.29) is 5.92 Å². The molecule has 1 N–H and O–H groups in total. The molecule has 4 heteroatoms. The van der Waals surface area contributed by atoms with Crippen LogP contribution in [-0.4, -0.2) is 16.6 Å². The number of anilines is 1. The monoisotopic (exact) mass is 299 g/mol. The van der Waals surface area contributed by atoms with Crippen LogP contribution in [0, 0.1) is 5.92 Å². The number of rotatable bonds is 7. The van der Waals surface area contributed by atoms with E-state index in [2.05, 4.69) is 55.1 Å². The molecule has 0 radical (unpaired) electrons. The Bertz CT molecular complexity index is 582. The summed E-state index contributed by atoms with van der Waals surface area (Å²) in [5, 5.41) is 3.35. The molecule has 4 nitrogen and oxygen atoms in total. The van der Waals surface area contributed by atoms with E-state index in [4.69, 9.17) is 4.74 Å². The van der Waals surface area contributed by atoms with Crippen molar-refractivity contribution in [2.24, 2.45) is 5.92 Å². The Morgan fingerprint density at radius 3 is 2.41 bits per heavy atom. The highest BCUT2D eigenvalue weighted by molar-refractivity contribution is 5.39. The van der Waals surface area contributed by atoms with Crippen LogP contribution in [0.3, 0.4) is 0 Å². The molecular weight excluding hydrogens is 274 g/mol. The fourth-order valence-corrected chi connectivity index (χ4v) is 1.91. The maximum atomic E-state index is 5.76. The SMILES string of the molecule is CC(C)COc1cc(NCc2ccccc2)nc(C(C)C)n1. The second-order valence-electron chi connectivity index (χ2n) is 6.15. The van der Waals surface area contributed by atoms with Crippen LogP contribution in [0.25, 0.3) is 0 Å². The normalized spacial score (nSPS) is 11.0. The molecule has 0 saturated carbocycles. The molecule has 2 rings (SSSR count). The zero-order valence-electron chi connectivity index (χ0n) is 13.8. The number of hydrogen-bond donors (Lipinski definition) is 1. The summed E-state index contributed by atoms with van der Waals surface area (Å²) in [6.07, 6.45) is 0. The van der Waals surface area contributed by atoms with E-state index < -0.39 is 0 Å². The molecule has 22 heavy (non-hydrogen) atoms. The lowest BCUT2D eigenvalue weighted by atomic mass is 10.2. The summed E-state index contributed by atoms with van der Waals surface area (Å²) in [7, 11) is 0. The number of benzene rings is 1. The van der Waals surface area contributed by atoms with Gasteiger partial charge in [0.2, 0.25) is 5.88 Å². The molecule has 0 aliphatic heterocycles. The number of aromatic nitrogens is 2. The fourth-order valence-electron chi connectivity index (χ4n) is 1.91. The van der Waals surface area contributed by atoms with Gasteiger partial charge in [-0.2, -0.15) is 4.98 Å². The summed E-state index contributed by atoms with van der Waals surface area (Å²) >= 11 is 0. The van der Waals surface area contributed by atoms with E-state index in [9.17, 15) is 0 Å². The summed E-state index contributed by atoms with van der Waals surface area (Å²) in [6.45, 7) is 9.81. The van der Waals surface area contributed by atoms with Gasteiger partial charge in [0.25, 0.3) is 0 Å². The van der Waals surface area contributed by atoms with E-state index in [0.29, 0.717) is 18.4 Å². The van der Waals surface area contributed by atoms with Gasteiger partial charge in [0.05, 0.1) is 6.61 Å². The maximum absolute atomic E-state index is 5.76. The predicted octanol–water partition coefficient (Wildman–Crippen LogP) is 4.25. The Labute approximate surface area is 133 Å². The van der Waals surface area contributed by atoms with Crippen LogP contribution in [0.15, 0.2) is 36.4 Å². The predicted molar refractivity (Wildman–Crippen MR) is 90.2 cm³/mol. The van der Waals surface area contributed by atoms with Crippen molar-refractivity contribution < 1.29 is 4.74 Å². The Morgan fingerprint density at radius 1 is 1.05 bits per heavy atom. The number of hydrogen-bond acceptors (Lipinski definition) is 4. The van der Waals surface area contributed by atoms with E-state index in [1.165, 1.54) is 5.56 Å². The third-order valence-electron chi connectivity index (χ3n) is 3.12. The van der Waals surface area contributed by atoms with E-state index in [1.54, 1.807) is 0 Å². The number of nitrogens with one attached hydrogen (secondary N) is 1. The molecule has 0 amide bonds. The van der Waals surface area contributed by atoms with Crippen molar-refractivity contribution in [2.75, 3.05) is 11.9 Å². The zero-order valence-corrected chi connectivity index (χ0v) is 13.8. The molecule has 0 fully saturated rings. The van der Waals surface area contributed by atoms with Crippen molar-refractivity contribution in [3.05, 3.63) is 47.8 Å². The highest BCUT2D eigenvalue weighted by atomic mass is 16.5. The van der Waals surface area contributed by atoms with Crippen molar-refractivity contribution >= 4 is 5.82 Å². The second kappa shape index (κ2) is 7.78. The molecule has 1 aromatic carbocycles. The van der Waals surface area contributed by atoms with Gasteiger partial charge in [-0.05, 0) is 11.5 Å². The van der Waals surface area contributed by atoms with Gasteiger partial charge in [0.1, 0.15) is 11.6 Å². The summed E-state index contributed by atoms with van der Waals surface area (Å²) in [5.74, 6) is 2.99. The topological polar surface area (TPSA) is 47.0 Å². The van der Waals surface area contributed by atoms with Crippen LogP contribution < -0.4 is 10.1 Å². The average Bonchev–Trinajstić information content (AvgIpc) is 2.52. The molecule has 2 aromatic rings. The molecule has 0 saturated heterocycles.